The molecule has 0 radical (unpaired) electrons. The summed E-state index contributed by atoms with van der Waals surface area (Å²) in [6.45, 7) is 0. The maximum Gasteiger partial charge on any atom is 0.239 e. The summed E-state index contributed by atoms with van der Waals surface area (Å²) in [6, 6.07) is 19.6. The number of hydrogen-bond donors (Lipinski definition) is 0. The van der Waals surface area contributed by atoms with E-state index in [0.717, 1.165) is 22.3 Å². The van der Waals surface area contributed by atoms with Gasteiger partial charge < -0.3 is 9.47 Å². The highest BCUT2D eigenvalue weighted by molar-refractivity contribution is 6.23. The highest BCUT2D eigenvalue weighted by Crippen LogP contribution is 2.65. The van der Waals surface area contributed by atoms with Crippen molar-refractivity contribution in [1.29, 1.82) is 0 Å². The lowest BCUT2D eigenvalue weighted by Gasteiger charge is -2.56. The third-order valence-corrected chi connectivity index (χ3v) is 7.40. The van der Waals surface area contributed by atoms with Crippen LogP contribution in [0.4, 0.5) is 5.69 Å². The maximum absolute atomic E-state index is 14.1. The van der Waals surface area contributed by atoms with Crippen molar-refractivity contribution in [2.75, 3.05) is 19.1 Å². The molecular formula is C26H22N2O4. The summed E-state index contributed by atoms with van der Waals surface area (Å²) in [5.41, 5.74) is 3.71. The normalized spacial score (nSPS) is 27.5. The first-order chi connectivity index (χ1) is 15.7. The molecule has 3 aromatic rings. The van der Waals surface area contributed by atoms with Crippen LogP contribution in [0.5, 0.6) is 0 Å². The van der Waals surface area contributed by atoms with Crippen LogP contribution in [0.1, 0.15) is 28.2 Å². The van der Waals surface area contributed by atoms with Crippen molar-refractivity contribution in [2.45, 2.75) is 17.6 Å². The van der Waals surface area contributed by atoms with Crippen molar-refractivity contribution in [2.24, 2.45) is 11.8 Å². The van der Waals surface area contributed by atoms with Gasteiger partial charge in [-0.25, -0.2) is 4.90 Å². The maximum atomic E-state index is 14.1. The number of nitrogens with zero attached hydrogens (tertiary/aromatic N) is 2. The second-order valence-electron chi connectivity index (χ2n) is 8.55. The van der Waals surface area contributed by atoms with Crippen molar-refractivity contribution in [3.63, 3.8) is 0 Å². The molecule has 6 heteroatoms. The Labute approximate surface area is 185 Å². The number of benzene rings is 2. The standard InChI is InChI=1S/C26H22N2O4/c1-31-25(32-2)26-18-9-5-3-7-16(18)20(17-8-4-6-10-19(17)26)21-22(26)24(30)28(23(21)29)15-11-13-27-14-12-15/h3-14,20-22,25H,1-2H3/t20?,21-,22-,26?/m1/s1. The zero-order chi connectivity index (χ0) is 22.0. The van der Waals surface area contributed by atoms with E-state index in [2.05, 4.69) is 17.1 Å². The predicted molar refractivity (Wildman–Crippen MR) is 117 cm³/mol. The lowest BCUT2D eigenvalue weighted by molar-refractivity contribution is -0.168. The lowest BCUT2D eigenvalue weighted by Crippen LogP contribution is -2.60. The van der Waals surface area contributed by atoms with Gasteiger partial charge in [-0.2, -0.15) is 0 Å². The van der Waals surface area contributed by atoms with Gasteiger partial charge in [-0.15, -0.1) is 0 Å². The number of carbonyl (C=O) groups excluding carboxylic acids is 2. The minimum atomic E-state index is -0.940. The van der Waals surface area contributed by atoms with Crippen molar-refractivity contribution in [3.05, 3.63) is 95.3 Å². The molecule has 0 unspecified atom stereocenters. The van der Waals surface area contributed by atoms with Gasteiger partial charge >= 0.3 is 0 Å². The minimum absolute atomic E-state index is 0.185. The van der Waals surface area contributed by atoms with Crippen LogP contribution in [0, 0.1) is 11.8 Å². The molecule has 1 saturated heterocycles. The number of aromatic nitrogens is 1. The Hall–Kier alpha value is -3.35. The summed E-state index contributed by atoms with van der Waals surface area (Å²) in [5.74, 6) is -1.78. The van der Waals surface area contributed by atoms with E-state index in [-0.39, 0.29) is 17.7 Å². The van der Waals surface area contributed by atoms with Gasteiger partial charge in [0.1, 0.15) is 0 Å². The first-order valence-electron chi connectivity index (χ1n) is 10.7. The summed E-state index contributed by atoms with van der Waals surface area (Å²) in [4.78, 5) is 33.4. The number of amides is 2. The fraction of sp³-hybridized carbons (Fsp3) is 0.269. The van der Waals surface area contributed by atoms with Crippen molar-refractivity contribution < 1.29 is 19.1 Å². The van der Waals surface area contributed by atoms with Crippen molar-refractivity contribution in [3.8, 4) is 0 Å². The van der Waals surface area contributed by atoms with Gasteiger partial charge in [0.2, 0.25) is 11.8 Å². The lowest BCUT2D eigenvalue weighted by atomic mass is 9.47. The summed E-state index contributed by atoms with van der Waals surface area (Å²) in [5, 5.41) is 0. The van der Waals surface area contributed by atoms with Gasteiger partial charge in [0.15, 0.2) is 6.29 Å². The van der Waals surface area contributed by atoms with E-state index in [1.165, 1.54) is 4.90 Å². The number of carbonyl (C=O) groups is 2. The number of pyridine rings is 1. The molecule has 0 N–H and O–H groups in total. The molecule has 2 amide bonds. The second kappa shape index (κ2) is 6.82. The van der Waals surface area contributed by atoms with Gasteiger partial charge in [0.25, 0.3) is 0 Å². The van der Waals surface area contributed by atoms with Crippen molar-refractivity contribution >= 4 is 17.5 Å². The SMILES string of the molecule is COC(OC)C12c3ccccc3C(c3ccccc31)[C@H]1C(=O)N(c3ccncc3)C(=O)[C@@H]12. The van der Waals surface area contributed by atoms with E-state index in [1.807, 2.05) is 36.4 Å². The predicted octanol–water partition coefficient (Wildman–Crippen LogP) is 3.25. The smallest absolute Gasteiger partial charge is 0.239 e. The van der Waals surface area contributed by atoms with Gasteiger partial charge in [0.05, 0.1) is 22.9 Å². The molecule has 2 atom stereocenters. The molecule has 2 aromatic carbocycles. The minimum Gasteiger partial charge on any atom is -0.355 e. The van der Waals surface area contributed by atoms with Gasteiger partial charge in [-0.3, -0.25) is 14.6 Å². The molecular weight excluding hydrogens is 404 g/mol. The topological polar surface area (TPSA) is 68.7 Å². The van der Waals surface area contributed by atoms with E-state index in [0.29, 0.717) is 5.69 Å². The third-order valence-electron chi connectivity index (χ3n) is 7.40. The Balaban J connectivity index is 1.69. The van der Waals surface area contributed by atoms with E-state index in [9.17, 15) is 9.59 Å². The van der Waals surface area contributed by atoms with Gasteiger partial charge in [-0.1, -0.05) is 48.5 Å². The largest absolute Gasteiger partial charge is 0.355 e. The van der Waals surface area contributed by atoms with Crippen LogP contribution in [0.25, 0.3) is 0 Å². The van der Waals surface area contributed by atoms with Gasteiger partial charge in [-0.05, 0) is 34.4 Å². The fourth-order valence-electron chi connectivity index (χ4n) is 6.45. The van der Waals surface area contributed by atoms with E-state index in [4.69, 9.17) is 9.47 Å². The fourth-order valence-corrected chi connectivity index (χ4v) is 6.45. The second-order valence-corrected chi connectivity index (χ2v) is 8.55. The molecule has 160 valence electrons. The number of methoxy groups -OCH3 is 2. The van der Waals surface area contributed by atoms with Crippen LogP contribution in [0.15, 0.2) is 73.1 Å². The highest BCUT2D eigenvalue weighted by Gasteiger charge is 2.71. The molecule has 1 fully saturated rings. The van der Waals surface area contributed by atoms with Crippen LogP contribution in [-0.2, 0) is 24.5 Å². The number of anilines is 1. The first kappa shape index (κ1) is 19.3. The molecule has 32 heavy (non-hydrogen) atoms. The number of rotatable bonds is 4. The molecule has 7 rings (SSSR count). The Morgan fingerprint density at radius 2 is 1.41 bits per heavy atom. The molecule has 0 saturated carbocycles. The Morgan fingerprint density at radius 1 is 0.844 bits per heavy atom. The Morgan fingerprint density at radius 3 is 1.97 bits per heavy atom. The molecule has 0 spiro atoms. The van der Waals surface area contributed by atoms with Crippen LogP contribution < -0.4 is 4.90 Å². The number of hydrogen-bond acceptors (Lipinski definition) is 5. The summed E-state index contributed by atoms with van der Waals surface area (Å²) >= 11 is 0. The summed E-state index contributed by atoms with van der Waals surface area (Å²) < 4.78 is 11.8. The third kappa shape index (κ3) is 2.13. The molecule has 2 bridgehead atoms. The first-order valence-corrected chi connectivity index (χ1v) is 10.7. The zero-order valence-corrected chi connectivity index (χ0v) is 17.8. The number of imide groups is 1. The molecule has 6 nitrogen and oxygen atoms in total. The monoisotopic (exact) mass is 426 g/mol. The molecule has 1 aliphatic heterocycles. The average Bonchev–Trinajstić information content (AvgIpc) is 3.11. The molecule has 3 aliphatic carbocycles. The highest BCUT2D eigenvalue weighted by atomic mass is 16.7. The zero-order valence-electron chi connectivity index (χ0n) is 17.8. The van der Waals surface area contributed by atoms with Gasteiger partial charge in [0, 0.05) is 32.5 Å². The molecule has 1 aromatic heterocycles. The summed E-state index contributed by atoms with van der Waals surface area (Å²) in [7, 11) is 3.18. The number of ether oxygens (including phenoxy) is 2. The average molecular weight is 426 g/mol. The quantitative estimate of drug-likeness (QED) is 0.473. The van der Waals surface area contributed by atoms with Crippen LogP contribution in [-0.4, -0.2) is 37.3 Å². The van der Waals surface area contributed by atoms with Crippen LogP contribution >= 0.6 is 0 Å². The Bertz CT molecular complexity index is 1190. The summed E-state index contributed by atoms with van der Waals surface area (Å²) in [6.07, 6.45) is 2.45. The van der Waals surface area contributed by atoms with Crippen LogP contribution in [0.3, 0.4) is 0 Å². The molecule has 2 heterocycles. The van der Waals surface area contributed by atoms with E-state index >= 15 is 0 Å². The van der Waals surface area contributed by atoms with Crippen molar-refractivity contribution in [1.82, 2.24) is 4.98 Å². The van der Waals surface area contributed by atoms with Crippen LogP contribution in [0.2, 0.25) is 0 Å². The molecule has 4 aliphatic rings. The van der Waals surface area contributed by atoms with E-state index in [1.54, 1.807) is 38.7 Å². The van der Waals surface area contributed by atoms with E-state index < -0.39 is 23.5 Å². The Kier molecular flexibility index (Phi) is 4.12.